The Labute approximate surface area is 79.7 Å². The van der Waals surface area contributed by atoms with Gasteiger partial charge in [-0.2, -0.15) is 0 Å². The third kappa shape index (κ3) is 2.02. The van der Waals surface area contributed by atoms with Crippen LogP contribution < -0.4 is 0 Å². The summed E-state index contributed by atoms with van der Waals surface area (Å²) in [5, 5.41) is 4.25. The van der Waals surface area contributed by atoms with E-state index in [1.54, 1.807) is 0 Å². The van der Waals surface area contributed by atoms with E-state index in [2.05, 4.69) is 10.1 Å². The van der Waals surface area contributed by atoms with Gasteiger partial charge in [0.1, 0.15) is 5.60 Å². The molecule has 2 aliphatic heterocycles. The van der Waals surface area contributed by atoms with E-state index in [1.165, 1.54) is 25.2 Å². The van der Waals surface area contributed by atoms with Crippen LogP contribution in [0.4, 0.5) is 0 Å². The van der Waals surface area contributed by atoms with Crippen molar-refractivity contribution in [3.63, 3.8) is 0 Å². The summed E-state index contributed by atoms with van der Waals surface area (Å²) >= 11 is 0. The highest BCUT2D eigenvalue weighted by atomic mass is 16.6. The summed E-state index contributed by atoms with van der Waals surface area (Å²) in [5.74, 6) is 0.683. The molecule has 0 spiro atoms. The molecule has 2 bridgehead atoms. The molecule has 3 nitrogen and oxygen atoms in total. The van der Waals surface area contributed by atoms with Gasteiger partial charge in [-0.1, -0.05) is 5.16 Å². The summed E-state index contributed by atoms with van der Waals surface area (Å²) < 4.78 is 0. The van der Waals surface area contributed by atoms with E-state index in [4.69, 9.17) is 4.84 Å². The Morgan fingerprint density at radius 2 is 2.23 bits per heavy atom. The summed E-state index contributed by atoms with van der Waals surface area (Å²) in [7, 11) is 0. The van der Waals surface area contributed by atoms with Crippen LogP contribution in [0, 0.1) is 5.92 Å². The van der Waals surface area contributed by atoms with Crippen LogP contribution in [0.3, 0.4) is 0 Å². The lowest BCUT2D eigenvalue weighted by Crippen LogP contribution is -2.25. The van der Waals surface area contributed by atoms with Gasteiger partial charge in [0.15, 0.2) is 0 Å². The normalized spacial score (nSPS) is 35.8. The molecule has 0 aromatic heterocycles. The van der Waals surface area contributed by atoms with Crippen molar-refractivity contribution in [3.8, 4) is 0 Å². The minimum Gasteiger partial charge on any atom is -0.390 e. The summed E-state index contributed by atoms with van der Waals surface area (Å²) in [5.41, 5.74) is 1.10. The summed E-state index contributed by atoms with van der Waals surface area (Å²) in [4.78, 5) is 7.87. The van der Waals surface area contributed by atoms with Crippen LogP contribution in [0.15, 0.2) is 5.16 Å². The first-order chi connectivity index (χ1) is 6.04. The molecule has 0 aliphatic carbocycles. The van der Waals surface area contributed by atoms with Crippen LogP contribution >= 0.6 is 0 Å². The van der Waals surface area contributed by atoms with Crippen LogP contribution in [0.1, 0.15) is 27.2 Å². The molecule has 13 heavy (non-hydrogen) atoms. The molecule has 3 heteroatoms. The number of hydrogen-bond acceptors (Lipinski definition) is 3. The highest BCUT2D eigenvalue weighted by molar-refractivity contribution is 5.91. The highest BCUT2D eigenvalue weighted by Crippen LogP contribution is 2.26. The van der Waals surface area contributed by atoms with Crippen molar-refractivity contribution in [2.75, 3.05) is 19.6 Å². The summed E-state index contributed by atoms with van der Waals surface area (Å²) in [6.07, 6.45) is 1.27. The SMILES string of the molecule is CC(C)(C)O/N=C1/CN2CCC1C2. The second-order valence-corrected chi connectivity index (χ2v) is 5.01. The van der Waals surface area contributed by atoms with Gasteiger partial charge in [-0.05, 0) is 33.7 Å². The second-order valence-electron chi connectivity index (χ2n) is 5.01. The third-order valence-electron chi connectivity index (χ3n) is 2.57. The van der Waals surface area contributed by atoms with Crippen LogP contribution in [0.5, 0.6) is 0 Å². The fourth-order valence-corrected chi connectivity index (χ4v) is 1.91. The molecular formula is C10H18N2O. The zero-order valence-electron chi connectivity index (χ0n) is 8.71. The van der Waals surface area contributed by atoms with Crippen molar-refractivity contribution < 1.29 is 4.84 Å². The molecule has 2 rings (SSSR count). The molecule has 0 radical (unpaired) electrons. The predicted molar refractivity (Wildman–Crippen MR) is 52.8 cm³/mol. The monoisotopic (exact) mass is 182 g/mol. The molecule has 2 heterocycles. The average Bonchev–Trinajstić information content (AvgIpc) is 2.58. The zero-order valence-corrected chi connectivity index (χ0v) is 8.71. The minimum absolute atomic E-state index is 0.149. The number of oxime groups is 1. The van der Waals surface area contributed by atoms with Gasteiger partial charge in [0.2, 0.25) is 0 Å². The van der Waals surface area contributed by atoms with Gasteiger partial charge in [0, 0.05) is 19.0 Å². The molecule has 0 aromatic carbocycles. The number of nitrogens with zero attached hydrogens (tertiary/aromatic N) is 2. The topological polar surface area (TPSA) is 24.8 Å². The summed E-state index contributed by atoms with van der Waals surface area (Å²) in [6, 6.07) is 0. The van der Waals surface area contributed by atoms with Crippen molar-refractivity contribution in [3.05, 3.63) is 0 Å². The lowest BCUT2D eigenvalue weighted by atomic mass is 10.0. The van der Waals surface area contributed by atoms with Gasteiger partial charge in [0.25, 0.3) is 0 Å². The number of hydrogen-bond donors (Lipinski definition) is 0. The van der Waals surface area contributed by atoms with Crippen molar-refractivity contribution in [2.45, 2.75) is 32.8 Å². The highest BCUT2D eigenvalue weighted by Gasteiger charge is 2.35. The van der Waals surface area contributed by atoms with Gasteiger partial charge >= 0.3 is 0 Å². The van der Waals surface area contributed by atoms with Gasteiger partial charge in [-0.25, -0.2) is 0 Å². The van der Waals surface area contributed by atoms with E-state index < -0.39 is 0 Å². The van der Waals surface area contributed by atoms with E-state index >= 15 is 0 Å². The van der Waals surface area contributed by atoms with Crippen LogP contribution in [-0.2, 0) is 4.84 Å². The fourth-order valence-electron chi connectivity index (χ4n) is 1.91. The number of fused-ring (bicyclic) bond motifs is 2. The van der Waals surface area contributed by atoms with Crippen molar-refractivity contribution in [1.29, 1.82) is 0 Å². The van der Waals surface area contributed by atoms with Gasteiger partial charge < -0.3 is 4.84 Å². The Hall–Kier alpha value is -0.570. The molecule has 2 unspecified atom stereocenters. The molecule has 74 valence electrons. The molecule has 2 fully saturated rings. The molecule has 0 saturated carbocycles. The first-order valence-electron chi connectivity index (χ1n) is 5.02. The Bertz CT molecular complexity index is 230. The smallest absolute Gasteiger partial charge is 0.129 e. The Balaban J connectivity index is 1.95. The lowest BCUT2D eigenvalue weighted by Gasteiger charge is -2.18. The predicted octanol–water partition coefficient (Wildman–Crippen LogP) is 1.49. The van der Waals surface area contributed by atoms with E-state index in [1.807, 2.05) is 20.8 Å². The quantitative estimate of drug-likeness (QED) is 0.574. The third-order valence-corrected chi connectivity index (χ3v) is 2.57. The first kappa shape index (κ1) is 9.00. The van der Waals surface area contributed by atoms with E-state index in [0.29, 0.717) is 5.92 Å². The van der Waals surface area contributed by atoms with Crippen molar-refractivity contribution >= 4 is 5.71 Å². The maximum absolute atomic E-state index is 5.43. The first-order valence-corrected chi connectivity index (χ1v) is 5.02. The van der Waals surface area contributed by atoms with E-state index in [-0.39, 0.29) is 5.60 Å². The fraction of sp³-hybridized carbons (Fsp3) is 0.900. The summed E-state index contributed by atoms with van der Waals surface area (Å²) in [6.45, 7) is 9.58. The van der Waals surface area contributed by atoms with Gasteiger partial charge in [-0.3, -0.25) is 4.90 Å². The molecule has 2 aliphatic rings. The molecule has 2 atom stereocenters. The van der Waals surface area contributed by atoms with E-state index in [9.17, 15) is 0 Å². The largest absolute Gasteiger partial charge is 0.390 e. The van der Waals surface area contributed by atoms with Crippen molar-refractivity contribution in [2.24, 2.45) is 11.1 Å². The molecule has 0 N–H and O–H groups in total. The maximum Gasteiger partial charge on any atom is 0.129 e. The second kappa shape index (κ2) is 2.98. The lowest BCUT2D eigenvalue weighted by molar-refractivity contribution is -0.000111. The van der Waals surface area contributed by atoms with Crippen LogP contribution in [0.2, 0.25) is 0 Å². The van der Waals surface area contributed by atoms with Crippen LogP contribution in [0.25, 0.3) is 0 Å². The molecule has 0 amide bonds. The standard InChI is InChI=1S/C10H18N2O/c1-10(2,3)13-11-9-7-12-5-4-8(9)6-12/h8H,4-7H2,1-3H3/b11-9-. The average molecular weight is 182 g/mol. The van der Waals surface area contributed by atoms with E-state index in [0.717, 1.165) is 6.54 Å². The number of piperidine rings is 1. The maximum atomic E-state index is 5.43. The minimum atomic E-state index is -0.149. The number of rotatable bonds is 1. The van der Waals surface area contributed by atoms with Crippen molar-refractivity contribution in [1.82, 2.24) is 4.90 Å². The Morgan fingerprint density at radius 3 is 2.69 bits per heavy atom. The Kier molecular flexibility index (Phi) is 2.06. The van der Waals surface area contributed by atoms with Gasteiger partial charge in [0.05, 0.1) is 5.71 Å². The molecule has 2 saturated heterocycles. The van der Waals surface area contributed by atoms with Crippen LogP contribution in [-0.4, -0.2) is 35.8 Å². The molecule has 0 aromatic rings. The van der Waals surface area contributed by atoms with Gasteiger partial charge in [-0.15, -0.1) is 0 Å². The Morgan fingerprint density at radius 1 is 1.46 bits per heavy atom. The zero-order chi connectivity index (χ0) is 9.47. The molecular weight excluding hydrogens is 164 g/mol.